The van der Waals surface area contributed by atoms with Gasteiger partial charge >= 0.3 is 0 Å². The van der Waals surface area contributed by atoms with Gasteiger partial charge in [0.15, 0.2) is 0 Å². The van der Waals surface area contributed by atoms with Gasteiger partial charge in [-0.3, -0.25) is 14.9 Å². The van der Waals surface area contributed by atoms with E-state index in [1.165, 1.54) is 17.9 Å². The maximum Gasteiger partial charge on any atom is 0.259 e. The summed E-state index contributed by atoms with van der Waals surface area (Å²) in [6, 6.07) is 10.9. The van der Waals surface area contributed by atoms with Crippen LogP contribution >= 0.6 is 0 Å². The van der Waals surface area contributed by atoms with Crippen molar-refractivity contribution in [1.29, 1.82) is 0 Å². The van der Waals surface area contributed by atoms with Crippen LogP contribution < -0.4 is 5.32 Å². The monoisotopic (exact) mass is 384 g/mol. The predicted octanol–water partition coefficient (Wildman–Crippen LogP) is 3.61. The molecular formula is C23H16N2O4. The number of aromatic hydroxyl groups is 1. The summed E-state index contributed by atoms with van der Waals surface area (Å²) in [6.45, 7) is 0.882. The lowest BCUT2D eigenvalue weighted by Gasteiger charge is -2.14. The number of nitrogens with one attached hydrogen (secondary N) is 1. The quantitative estimate of drug-likeness (QED) is 0.517. The van der Waals surface area contributed by atoms with Crippen molar-refractivity contribution >= 4 is 44.8 Å². The van der Waals surface area contributed by atoms with E-state index < -0.39 is 11.8 Å². The van der Waals surface area contributed by atoms with Crippen LogP contribution in [0.2, 0.25) is 0 Å². The van der Waals surface area contributed by atoms with E-state index in [0.717, 1.165) is 35.9 Å². The number of hydrogen-bond acceptors (Lipinski definition) is 4. The van der Waals surface area contributed by atoms with Gasteiger partial charge in [0, 0.05) is 29.3 Å². The normalized spacial score (nSPS) is 16.3. The van der Waals surface area contributed by atoms with Gasteiger partial charge in [0.1, 0.15) is 11.3 Å². The first-order valence-corrected chi connectivity index (χ1v) is 9.54. The molecule has 0 aliphatic carbocycles. The predicted molar refractivity (Wildman–Crippen MR) is 108 cm³/mol. The molecule has 0 radical (unpaired) electrons. The summed E-state index contributed by atoms with van der Waals surface area (Å²) >= 11 is 0. The number of hydrogen-bond donors (Lipinski definition) is 2. The molecule has 2 aliphatic heterocycles. The van der Waals surface area contributed by atoms with Gasteiger partial charge in [0.05, 0.1) is 28.3 Å². The molecule has 142 valence electrons. The summed E-state index contributed by atoms with van der Waals surface area (Å²) < 4.78 is 7.73. The molecule has 2 amide bonds. The number of fused-ring (bicyclic) bond motifs is 1. The van der Waals surface area contributed by atoms with Crippen molar-refractivity contribution in [3.8, 4) is 5.75 Å². The first-order valence-electron chi connectivity index (χ1n) is 9.54. The molecule has 6 rings (SSSR count). The number of nitrogens with zero attached hydrogens (tertiary/aromatic N) is 1. The summed E-state index contributed by atoms with van der Waals surface area (Å²) in [7, 11) is 0. The maximum absolute atomic E-state index is 12.9. The highest BCUT2D eigenvalue weighted by Crippen LogP contribution is 2.41. The van der Waals surface area contributed by atoms with Crippen molar-refractivity contribution in [3.05, 3.63) is 65.5 Å². The molecule has 0 fully saturated rings. The number of phenolic OH excluding ortho intramolecular Hbond substituents is 1. The van der Waals surface area contributed by atoms with E-state index in [-0.39, 0.29) is 11.3 Å². The zero-order valence-corrected chi connectivity index (χ0v) is 15.4. The van der Waals surface area contributed by atoms with E-state index in [2.05, 4.69) is 16.0 Å². The second kappa shape index (κ2) is 5.61. The van der Waals surface area contributed by atoms with Crippen LogP contribution in [0.3, 0.4) is 0 Å². The fourth-order valence-electron chi connectivity index (χ4n) is 4.67. The zero-order valence-electron chi connectivity index (χ0n) is 15.4. The Morgan fingerprint density at radius 3 is 2.66 bits per heavy atom. The molecule has 4 heterocycles. The lowest BCUT2D eigenvalue weighted by atomic mass is 9.94. The minimum Gasteiger partial charge on any atom is -0.507 e. The molecule has 2 aromatic heterocycles. The second-order valence-electron chi connectivity index (χ2n) is 7.48. The molecule has 2 N–H and O–H groups in total. The van der Waals surface area contributed by atoms with Crippen molar-refractivity contribution in [2.24, 2.45) is 0 Å². The molecule has 0 atom stereocenters. The van der Waals surface area contributed by atoms with Crippen LogP contribution in [-0.2, 0) is 22.6 Å². The number of carbonyl (C=O) groups excluding carboxylic acids is 2. The fourth-order valence-corrected chi connectivity index (χ4v) is 4.67. The van der Waals surface area contributed by atoms with Gasteiger partial charge in [-0.1, -0.05) is 18.2 Å². The third kappa shape index (κ3) is 2.11. The van der Waals surface area contributed by atoms with Crippen LogP contribution in [0.5, 0.6) is 5.75 Å². The number of carbonyl (C=O) groups is 2. The Morgan fingerprint density at radius 1 is 0.966 bits per heavy atom. The Kier molecular flexibility index (Phi) is 3.13. The third-order valence-electron chi connectivity index (χ3n) is 5.89. The minimum atomic E-state index is -0.458. The number of aromatic nitrogens is 1. The highest BCUT2D eigenvalue weighted by molar-refractivity contribution is 6.50. The minimum absolute atomic E-state index is 0.0662. The van der Waals surface area contributed by atoms with Gasteiger partial charge in [0.25, 0.3) is 11.8 Å². The summed E-state index contributed by atoms with van der Waals surface area (Å²) in [5.41, 5.74) is 4.63. The summed E-state index contributed by atoms with van der Waals surface area (Å²) in [6.07, 6.45) is 5.48. The molecule has 2 aliphatic rings. The number of rotatable bonds is 2. The van der Waals surface area contributed by atoms with Crippen LogP contribution in [0.15, 0.2) is 53.3 Å². The topological polar surface area (TPSA) is 84.5 Å². The first-order chi connectivity index (χ1) is 14.1. The van der Waals surface area contributed by atoms with Crippen molar-refractivity contribution in [2.45, 2.75) is 19.4 Å². The van der Waals surface area contributed by atoms with Crippen molar-refractivity contribution in [3.63, 3.8) is 0 Å². The molecule has 0 unspecified atom stereocenters. The van der Waals surface area contributed by atoms with Crippen molar-refractivity contribution in [1.82, 2.24) is 9.88 Å². The SMILES string of the molecule is O=C1NC(=O)C(c2ccc(O)c3ccoc23)=C1c1cn2c3c(cccc13)CCC2. The summed E-state index contributed by atoms with van der Waals surface area (Å²) in [5, 5.41) is 14.0. The van der Waals surface area contributed by atoms with Crippen molar-refractivity contribution < 1.29 is 19.1 Å². The molecule has 6 nitrogen and oxygen atoms in total. The molecule has 0 spiro atoms. The van der Waals surface area contributed by atoms with Gasteiger partial charge in [-0.2, -0.15) is 0 Å². The second-order valence-corrected chi connectivity index (χ2v) is 7.48. The Labute approximate surface area is 165 Å². The number of furan rings is 1. The van der Waals surface area contributed by atoms with Gasteiger partial charge < -0.3 is 14.1 Å². The number of amides is 2. The van der Waals surface area contributed by atoms with Crippen LogP contribution in [-0.4, -0.2) is 21.5 Å². The lowest BCUT2D eigenvalue weighted by molar-refractivity contribution is -0.122. The highest BCUT2D eigenvalue weighted by atomic mass is 16.3. The van der Waals surface area contributed by atoms with E-state index in [4.69, 9.17) is 4.42 Å². The van der Waals surface area contributed by atoms with Crippen LogP contribution in [0, 0.1) is 0 Å². The number of aryl methyl sites for hydroxylation is 2. The van der Waals surface area contributed by atoms with E-state index in [1.54, 1.807) is 12.1 Å². The smallest absolute Gasteiger partial charge is 0.259 e. The van der Waals surface area contributed by atoms with Crippen LogP contribution in [0.1, 0.15) is 23.1 Å². The third-order valence-corrected chi connectivity index (χ3v) is 5.89. The Balaban J connectivity index is 1.70. The summed E-state index contributed by atoms with van der Waals surface area (Å²) in [4.78, 5) is 25.7. The molecular weight excluding hydrogens is 368 g/mol. The lowest BCUT2D eigenvalue weighted by Crippen LogP contribution is -2.22. The molecule has 2 aromatic carbocycles. The maximum atomic E-state index is 12.9. The molecule has 4 aromatic rings. The Bertz CT molecular complexity index is 1400. The highest BCUT2D eigenvalue weighted by Gasteiger charge is 2.35. The van der Waals surface area contributed by atoms with E-state index in [9.17, 15) is 14.7 Å². The largest absolute Gasteiger partial charge is 0.507 e. The molecule has 0 saturated heterocycles. The summed E-state index contributed by atoms with van der Waals surface area (Å²) in [5.74, 6) is -0.807. The average Bonchev–Trinajstić information content (AvgIpc) is 3.41. The van der Waals surface area contributed by atoms with Gasteiger partial charge in [-0.15, -0.1) is 0 Å². The first kappa shape index (κ1) is 16.2. The van der Waals surface area contributed by atoms with Crippen LogP contribution in [0.25, 0.3) is 33.0 Å². The number of para-hydroxylation sites is 1. The average molecular weight is 384 g/mol. The Hall–Kier alpha value is -3.80. The van der Waals surface area contributed by atoms with E-state index >= 15 is 0 Å². The van der Waals surface area contributed by atoms with E-state index in [1.807, 2.05) is 18.3 Å². The molecule has 6 heteroatoms. The Morgan fingerprint density at radius 2 is 1.79 bits per heavy atom. The van der Waals surface area contributed by atoms with Crippen molar-refractivity contribution in [2.75, 3.05) is 0 Å². The fraction of sp³-hybridized carbons (Fsp3) is 0.130. The van der Waals surface area contributed by atoms with Gasteiger partial charge in [-0.05, 0) is 36.6 Å². The number of phenols is 1. The molecule has 29 heavy (non-hydrogen) atoms. The molecule has 0 bridgehead atoms. The van der Waals surface area contributed by atoms with E-state index in [0.29, 0.717) is 22.1 Å². The number of benzene rings is 2. The zero-order chi connectivity index (χ0) is 19.7. The number of imide groups is 1. The molecule has 0 saturated carbocycles. The van der Waals surface area contributed by atoms with Gasteiger partial charge in [-0.25, -0.2) is 0 Å². The standard InChI is InChI=1S/C23H16N2O4/c26-17-7-6-15(21-14(17)8-10-29-21)18-19(23(28)24-22(18)27)16-11-25-9-2-4-12-3-1-5-13(16)20(12)25/h1,3,5-8,10-11,26H,2,4,9H2,(H,24,27,28). The van der Waals surface area contributed by atoms with Crippen LogP contribution in [0.4, 0.5) is 0 Å². The van der Waals surface area contributed by atoms with Gasteiger partial charge in [0.2, 0.25) is 0 Å².